The minimum absolute atomic E-state index is 0.0934. The summed E-state index contributed by atoms with van der Waals surface area (Å²) in [5, 5.41) is 0. The second-order valence-corrected chi connectivity index (χ2v) is 4.76. The van der Waals surface area contributed by atoms with Crippen molar-refractivity contribution in [2.45, 2.75) is 44.7 Å². The van der Waals surface area contributed by atoms with Crippen molar-refractivity contribution < 1.29 is 4.79 Å². The van der Waals surface area contributed by atoms with Crippen molar-refractivity contribution in [3.63, 3.8) is 0 Å². The SMILES string of the molecule is CC(CN(C)C1CCCCC1N)C(N)=O. The highest BCUT2D eigenvalue weighted by molar-refractivity contribution is 5.76. The smallest absolute Gasteiger partial charge is 0.221 e. The number of rotatable bonds is 4. The van der Waals surface area contributed by atoms with E-state index in [0.717, 1.165) is 12.8 Å². The van der Waals surface area contributed by atoms with Crippen molar-refractivity contribution >= 4 is 5.91 Å². The second kappa shape index (κ2) is 5.47. The normalized spacial score (nSPS) is 29.1. The van der Waals surface area contributed by atoms with Crippen molar-refractivity contribution in [3.05, 3.63) is 0 Å². The number of hydrogen-bond acceptors (Lipinski definition) is 3. The van der Waals surface area contributed by atoms with E-state index in [0.29, 0.717) is 12.6 Å². The predicted octanol–water partition coefficient (Wildman–Crippen LogP) is 0.310. The molecular formula is C11H23N3O. The lowest BCUT2D eigenvalue weighted by Gasteiger charge is -2.36. The van der Waals surface area contributed by atoms with Crippen LogP contribution in [0.4, 0.5) is 0 Å². The lowest BCUT2D eigenvalue weighted by molar-refractivity contribution is -0.122. The molecule has 1 rings (SSSR count). The first-order valence-electron chi connectivity index (χ1n) is 5.77. The third kappa shape index (κ3) is 3.47. The number of nitrogens with two attached hydrogens (primary N) is 2. The molecule has 0 aliphatic heterocycles. The van der Waals surface area contributed by atoms with E-state index in [-0.39, 0.29) is 17.9 Å². The fourth-order valence-electron chi connectivity index (χ4n) is 2.34. The average molecular weight is 213 g/mol. The third-order valence-corrected chi connectivity index (χ3v) is 3.40. The van der Waals surface area contributed by atoms with Crippen LogP contribution in [0.1, 0.15) is 32.6 Å². The molecule has 1 amide bonds. The van der Waals surface area contributed by atoms with Gasteiger partial charge >= 0.3 is 0 Å². The topological polar surface area (TPSA) is 72.3 Å². The van der Waals surface area contributed by atoms with Crippen LogP contribution in [0, 0.1) is 5.92 Å². The van der Waals surface area contributed by atoms with Gasteiger partial charge in [-0.1, -0.05) is 19.8 Å². The van der Waals surface area contributed by atoms with Crippen LogP contribution in [0.15, 0.2) is 0 Å². The van der Waals surface area contributed by atoms with Gasteiger partial charge in [0.1, 0.15) is 0 Å². The molecule has 1 saturated carbocycles. The average Bonchev–Trinajstić information content (AvgIpc) is 2.18. The van der Waals surface area contributed by atoms with Crippen LogP contribution in [0.2, 0.25) is 0 Å². The van der Waals surface area contributed by atoms with E-state index in [1.165, 1.54) is 12.8 Å². The Kier molecular flexibility index (Phi) is 4.54. The molecule has 0 aromatic rings. The standard InChI is InChI=1S/C11H23N3O/c1-8(11(13)15)7-14(2)10-6-4-3-5-9(10)12/h8-10H,3-7,12H2,1-2H3,(H2,13,15). The van der Waals surface area contributed by atoms with E-state index < -0.39 is 0 Å². The van der Waals surface area contributed by atoms with Crippen LogP contribution >= 0.6 is 0 Å². The van der Waals surface area contributed by atoms with Gasteiger partial charge in [-0.3, -0.25) is 4.79 Å². The van der Waals surface area contributed by atoms with Crippen LogP contribution in [0.5, 0.6) is 0 Å². The highest BCUT2D eigenvalue weighted by atomic mass is 16.1. The van der Waals surface area contributed by atoms with Crippen molar-refractivity contribution in [1.29, 1.82) is 0 Å². The van der Waals surface area contributed by atoms with Gasteiger partial charge in [0.25, 0.3) is 0 Å². The Morgan fingerprint density at radius 1 is 1.47 bits per heavy atom. The van der Waals surface area contributed by atoms with Gasteiger partial charge in [0.05, 0.1) is 0 Å². The molecule has 0 bridgehead atoms. The molecule has 1 aliphatic rings. The maximum absolute atomic E-state index is 11.0. The molecule has 0 spiro atoms. The Morgan fingerprint density at radius 3 is 2.60 bits per heavy atom. The van der Waals surface area contributed by atoms with Crippen molar-refractivity contribution in [2.75, 3.05) is 13.6 Å². The molecule has 3 atom stereocenters. The highest BCUT2D eigenvalue weighted by Crippen LogP contribution is 2.21. The van der Waals surface area contributed by atoms with Gasteiger partial charge in [-0.05, 0) is 19.9 Å². The molecule has 0 aromatic heterocycles. The number of carbonyl (C=O) groups excluding carboxylic acids is 1. The number of hydrogen-bond donors (Lipinski definition) is 2. The number of likely N-dealkylation sites (N-methyl/N-ethyl adjacent to an activating group) is 1. The van der Waals surface area contributed by atoms with Crippen LogP contribution in [0.25, 0.3) is 0 Å². The van der Waals surface area contributed by atoms with Crippen LogP contribution < -0.4 is 11.5 Å². The summed E-state index contributed by atoms with van der Waals surface area (Å²) in [5.41, 5.74) is 11.3. The quantitative estimate of drug-likeness (QED) is 0.706. The molecule has 0 heterocycles. The monoisotopic (exact) mass is 213 g/mol. The van der Waals surface area contributed by atoms with Gasteiger partial charge in [0.2, 0.25) is 5.91 Å². The fraction of sp³-hybridized carbons (Fsp3) is 0.909. The Hall–Kier alpha value is -0.610. The lowest BCUT2D eigenvalue weighted by Crippen LogP contribution is -2.50. The minimum Gasteiger partial charge on any atom is -0.369 e. The zero-order valence-electron chi connectivity index (χ0n) is 9.78. The van der Waals surface area contributed by atoms with E-state index in [9.17, 15) is 4.79 Å². The largest absolute Gasteiger partial charge is 0.369 e. The molecule has 0 aromatic carbocycles. The molecule has 88 valence electrons. The van der Waals surface area contributed by atoms with Gasteiger partial charge in [-0.15, -0.1) is 0 Å². The fourth-order valence-corrected chi connectivity index (χ4v) is 2.34. The van der Waals surface area contributed by atoms with E-state index in [1.54, 1.807) is 0 Å². The van der Waals surface area contributed by atoms with Crippen LogP contribution in [0.3, 0.4) is 0 Å². The summed E-state index contributed by atoms with van der Waals surface area (Å²) in [6.45, 7) is 2.58. The molecule has 15 heavy (non-hydrogen) atoms. The molecule has 4 nitrogen and oxygen atoms in total. The van der Waals surface area contributed by atoms with Crippen LogP contribution in [-0.4, -0.2) is 36.5 Å². The van der Waals surface area contributed by atoms with Gasteiger partial charge in [0, 0.05) is 24.5 Å². The number of primary amides is 1. The van der Waals surface area contributed by atoms with Crippen molar-refractivity contribution in [2.24, 2.45) is 17.4 Å². The maximum atomic E-state index is 11.0. The molecule has 1 aliphatic carbocycles. The number of amides is 1. The molecule has 1 fully saturated rings. The van der Waals surface area contributed by atoms with Crippen LogP contribution in [-0.2, 0) is 4.79 Å². The van der Waals surface area contributed by atoms with Gasteiger partial charge in [-0.25, -0.2) is 0 Å². The zero-order chi connectivity index (χ0) is 11.4. The molecule has 4 heteroatoms. The zero-order valence-corrected chi connectivity index (χ0v) is 9.78. The minimum atomic E-state index is -0.230. The summed E-state index contributed by atoms with van der Waals surface area (Å²) in [6.07, 6.45) is 4.72. The van der Waals surface area contributed by atoms with Crippen molar-refractivity contribution in [1.82, 2.24) is 4.90 Å². The van der Waals surface area contributed by atoms with Gasteiger partial charge in [0.15, 0.2) is 0 Å². The maximum Gasteiger partial charge on any atom is 0.221 e. The van der Waals surface area contributed by atoms with Crippen molar-refractivity contribution in [3.8, 4) is 0 Å². The summed E-state index contributed by atoms with van der Waals surface area (Å²) in [6, 6.07) is 0.671. The summed E-state index contributed by atoms with van der Waals surface area (Å²) >= 11 is 0. The Bertz CT molecular complexity index is 220. The molecular weight excluding hydrogens is 190 g/mol. The van der Waals surface area contributed by atoms with Gasteiger partial charge in [-0.2, -0.15) is 0 Å². The Balaban J connectivity index is 2.44. The molecule has 0 radical (unpaired) electrons. The number of nitrogens with zero attached hydrogens (tertiary/aromatic N) is 1. The summed E-state index contributed by atoms with van der Waals surface area (Å²) < 4.78 is 0. The van der Waals surface area contributed by atoms with E-state index in [2.05, 4.69) is 4.90 Å². The Labute approximate surface area is 92.0 Å². The second-order valence-electron chi connectivity index (χ2n) is 4.76. The number of carbonyl (C=O) groups is 1. The summed E-state index contributed by atoms with van der Waals surface area (Å²) in [5.74, 6) is -0.324. The van der Waals surface area contributed by atoms with E-state index in [4.69, 9.17) is 11.5 Å². The molecule has 4 N–H and O–H groups in total. The highest BCUT2D eigenvalue weighted by Gasteiger charge is 2.26. The molecule has 3 unspecified atom stereocenters. The van der Waals surface area contributed by atoms with Gasteiger partial charge < -0.3 is 16.4 Å². The first kappa shape index (κ1) is 12.5. The summed E-state index contributed by atoms with van der Waals surface area (Å²) in [7, 11) is 2.04. The predicted molar refractivity (Wildman–Crippen MR) is 61.2 cm³/mol. The molecule has 0 saturated heterocycles. The first-order valence-corrected chi connectivity index (χ1v) is 5.77. The third-order valence-electron chi connectivity index (χ3n) is 3.40. The van der Waals surface area contributed by atoms with E-state index >= 15 is 0 Å². The lowest BCUT2D eigenvalue weighted by atomic mass is 9.89. The Morgan fingerprint density at radius 2 is 2.07 bits per heavy atom. The van der Waals surface area contributed by atoms with E-state index in [1.807, 2.05) is 14.0 Å². The first-order chi connectivity index (χ1) is 7.02. The summed E-state index contributed by atoms with van der Waals surface area (Å²) in [4.78, 5) is 13.2.